The molecule has 1 aromatic rings. The van der Waals surface area contributed by atoms with Crippen LogP contribution in [0.4, 0.5) is 0 Å². The maximum Gasteiger partial charge on any atom is 0.0594 e. The van der Waals surface area contributed by atoms with E-state index >= 15 is 0 Å². The van der Waals surface area contributed by atoms with E-state index in [1.807, 2.05) is 24.3 Å². The first-order valence-corrected chi connectivity index (χ1v) is 5.34. The number of aliphatic hydroxyl groups is 1. The molecule has 1 atom stereocenters. The molecule has 3 nitrogen and oxygen atoms in total. The summed E-state index contributed by atoms with van der Waals surface area (Å²) in [5.41, 5.74) is 6.74. The monoisotopic (exact) mass is 258 g/mol. The van der Waals surface area contributed by atoms with Crippen molar-refractivity contribution in [2.75, 3.05) is 13.2 Å². The van der Waals surface area contributed by atoms with E-state index in [2.05, 4.69) is 21.2 Å². The second-order valence-corrected chi connectivity index (χ2v) is 4.02. The molecule has 0 saturated carbocycles. The highest BCUT2D eigenvalue weighted by atomic mass is 79.9. The maximum atomic E-state index is 8.71. The predicted octanol–water partition coefficient (Wildman–Crippen LogP) is 0.858. The van der Waals surface area contributed by atoms with E-state index in [4.69, 9.17) is 10.8 Å². The molecule has 0 bridgehead atoms. The Labute approximate surface area is 92.4 Å². The Kier molecular flexibility index (Phi) is 5.11. The average Bonchev–Trinajstić information content (AvgIpc) is 2.20. The molecular formula is C10H15BrN2O. The van der Waals surface area contributed by atoms with Gasteiger partial charge in [0.1, 0.15) is 0 Å². The molecule has 4 heteroatoms. The molecule has 0 aromatic heterocycles. The Bertz CT molecular complexity index is 281. The fourth-order valence-corrected chi connectivity index (χ4v) is 1.52. The van der Waals surface area contributed by atoms with Crippen molar-refractivity contribution in [3.63, 3.8) is 0 Å². The molecule has 1 rings (SSSR count). The zero-order chi connectivity index (χ0) is 10.4. The predicted molar refractivity (Wildman–Crippen MR) is 60.9 cm³/mol. The van der Waals surface area contributed by atoms with Crippen LogP contribution in [-0.2, 0) is 6.54 Å². The SMILES string of the molecule is NC(CO)CNCc1ccccc1Br. The van der Waals surface area contributed by atoms with Gasteiger partial charge in [0.15, 0.2) is 0 Å². The standard InChI is InChI=1S/C10H15BrN2O/c11-10-4-2-1-3-8(10)5-13-6-9(12)7-14/h1-4,9,13-14H,5-7,12H2. The molecular weight excluding hydrogens is 244 g/mol. The minimum absolute atomic E-state index is 0.0168. The Morgan fingerprint density at radius 3 is 2.79 bits per heavy atom. The quantitative estimate of drug-likeness (QED) is 0.735. The Balaban J connectivity index is 2.35. The van der Waals surface area contributed by atoms with Gasteiger partial charge in [0.05, 0.1) is 6.61 Å². The zero-order valence-corrected chi connectivity index (χ0v) is 9.50. The first kappa shape index (κ1) is 11.7. The van der Waals surface area contributed by atoms with Crippen LogP contribution < -0.4 is 11.1 Å². The normalized spacial score (nSPS) is 12.8. The van der Waals surface area contributed by atoms with E-state index in [1.165, 1.54) is 5.56 Å². The molecule has 0 spiro atoms. The van der Waals surface area contributed by atoms with E-state index in [0.717, 1.165) is 11.0 Å². The zero-order valence-electron chi connectivity index (χ0n) is 7.91. The molecule has 78 valence electrons. The van der Waals surface area contributed by atoms with Crippen LogP contribution in [0.15, 0.2) is 28.7 Å². The van der Waals surface area contributed by atoms with Gasteiger partial charge in [-0.05, 0) is 11.6 Å². The van der Waals surface area contributed by atoms with Gasteiger partial charge in [-0.15, -0.1) is 0 Å². The third kappa shape index (κ3) is 3.75. The molecule has 4 N–H and O–H groups in total. The van der Waals surface area contributed by atoms with Crippen molar-refractivity contribution >= 4 is 15.9 Å². The molecule has 1 unspecified atom stereocenters. The van der Waals surface area contributed by atoms with Crippen molar-refractivity contribution in [1.29, 1.82) is 0 Å². The number of benzene rings is 1. The first-order valence-electron chi connectivity index (χ1n) is 4.54. The number of nitrogens with one attached hydrogen (secondary N) is 1. The number of aliphatic hydroxyl groups excluding tert-OH is 1. The highest BCUT2D eigenvalue weighted by Crippen LogP contribution is 2.14. The van der Waals surface area contributed by atoms with E-state index in [1.54, 1.807) is 0 Å². The van der Waals surface area contributed by atoms with Crippen LogP contribution in [0.5, 0.6) is 0 Å². The molecule has 0 saturated heterocycles. The van der Waals surface area contributed by atoms with Crippen LogP contribution in [0.3, 0.4) is 0 Å². The van der Waals surface area contributed by atoms with Crippen LogP contribution in [0.25, 0.3) is 0 Å². The second-order valence-electron chi connectivity index (χ2n) is 3.16. The van der Waals surface area contributed by atoms with Crippen LogP contribution >= 0.6 is 15.9 Å². The third-order valence-electron chi connectivity index (χ3n) is 1.91. The lowest BCUT2D eigenvalue weighted by Crippen LogP contribution is -2.36. The first-order chi connectivity index (χ1) is 6.74. The fraction of sp³-hybridized carbons (Fsp3) is 0.400. The van der Waals surface area contributed by atoms with Gasteiger partial charge in [-0.2, -0.15) is 0 Å². The van der Waals surface area contributed by atoms with Gasteiger partial charge in [-0.25, -0.2) is 0 Å². The summed E-state index contributed by atoms with van der Waals surface area (Å²) in [6.07, 6.45) is 0. The molecule has 0 aliphatic rings. The minimum Gasteiger partial charge on any atom is -0.395 e. The van der Waals surface area contributed by atoms with Crippen molar-refractivity contribution in [3.05, 3.63) is 34.3 Å². The number of hydrogen-bond donors (Lipinski definition) is 3. The maximum absolute atomic E-state index is 8.71. The van der Waals surface area contributed by atoms with Gasteiger partial charge in [-0.1, -0.05) is 34.1 Å². The minimum atomic E-state index is -0.183. The van der Waals surface area contributed by atoms with Crippen molar-refractivity contribution in [1.82, 2.24) is 5.32 Å². The lowest BCUT2D eigenvalue weighted by atomic mass is 10.2. The van der Waals surface area contributed by atoms with Gasteiger partial charge in [0.25, 0.3) is 0 Å². The second kappa shape index (κ2) is 6.14. The fourth-order valence-electron chi connectivity index (χ4n) is 1.10. The summed E-state index contributed by atoms with van der Waals surface area (Å²) in [4.78, 5) is 0. The van der Waals surface area contributed by atoms with Crippen molar-refractivity contribution in [3.8, 4) is 0 Å². The Morgan fingerprint density at radius 2 is 2.14 bits per heavy atom. The van der Waals surface area contributed by atoms with Gasteiger partial charge in [0.2, 0.25) is 0 Å². The van der Waals surface area contributed by atoms with Crippen LogP contribution in [0, 0.1) is 0 Å². The molecule has 0 amide bonds. The average molecular weight is 259 g/mol. The van der Waals surface area contributed by atoms with E-state index in [0.29, 0.717) is 6.54 Å². The summed E-state index contributed by atoms with van der Waals surface area (Å²) >= 11 is 3.46. The number of halogens is 1. The molecule has 0 radical (unpaired) electrons. The van der Waals surface area contributed by atoms with E-state index in [9.17, 15) is 0 Å². The van der Waals surface area contributed by atoms with Crippen molar-refractivity contribution in [2.45, 2.75) is 12.6 Å². The van der Waals surface area contributed by atoms with Crippen molar-refractivity contribution in [2.24, 2.45) is 5.73 Å². The van der Waals surface area contributed by atoms with Gasteiger partial charge < -0.3 is 16.2 Å². The van der Waals surface area contributed by atoms with E-state index in [-0.39, 0.29) is 12.6 Å². The van der Waals surface area contributed by atoms with Gasteiger partial charge in [0, 0.05) is 23.6 Å². The molecule has 0 heterocycles. The Hall–Kier alpha value is -0.420. The molecule has 0 aliphatic heterocycles. The summed E-state index contributed by atoms with van der Waals surface area (Å²) < 4.78 is 1.09. The molecule has 14 heavy (non-hydrogen) atoms. The number of rotatable bonds is 5. The largest absolute Gasteiger partial charge is 0.395 e. The summed E-state index contributed by atoms with van der Waals surface area (Å²) in [5.74, 6) is 0. The molecule has 0 fully saturated rings. The molecule has 1 aromatic carbocycles. The number of nitrogens with two attached hydrogens (primary N) is 1. The Morgan fingerprint density at radius 1 is 1.43 bits per heavy atom. The summed E-state index contributed by atoms with van der Waals surface area (Å²) in [6.45, 7) is 1.40. The molecule has 0 aliphatic carbocycles. The van der Waals surface area contributed by atoms with Gasteiger partial charge in [-0.3, -0.25) is 0 Å². The van der Waals surface area contributed by atoms with Crippen LogP contribution in [0.1, 0.15) is 5.56 Å². The highest BCUT2D eigenvalue weighted by molar-refractivity contribution is 9.10. The summed E-state index contributed by atoms with van der Waals surface area (Å²) in [6, 6.07) is 7.84. The van der Waals surface area contributed by atoms with E-state index < -0.39 is 0 Å². The van der Waals surface area contributed by atoms with Crippen molar-refractivity contribution < 1.29 is 5.11 Å². The lowest BCUT2D eigenvalue weighted by molar-refractivity contribution is 0.262. The highest BCUT2D eigenvalue weighted by Gasteiger charge is 2.00. The summed E-state index contributed by atoms with van der Waals surface area (Å²) in [7, 11) is 0. The smallest absolute Gasteiger partial charge is 0.0594 e. The lowest BCUT2D eigenvalue weighted by Gasteiger charge is -2.10. The van der Waals surface area contributed by atoms with Gasteiger partial charge >= 0.3 is 0 Å². The topological polar surface area (TPSA) is 58.3 Å². The third-order valence-corrected chi connectivity index (χ3v) is 2.69. The number of hydrogen-bond acceptors (Lipinski definition) is 3. The van der Waals surface area contributed by atoms with Crippen LogP contribution in [0.2, 0.25) is 0 Å². The van der Waals surface area contributed by atoms with Crippen LogP contribution in [-0.4, -0.2) is 24.3 Å². The summed E-state index contributed by atoms with van der Waals surface area (Å²) in [5, 5.41) is 11.9.